The van der Waals surface area contributed by atoms with Gasteiger partial charge in [-0.25, -0.2) is 23.2 Å². The Kier molecular flexibility index (Phi) is 7.80. The zero-order chi connectivity index (χ0) is 25.0. The number of aromatic nitrogens is 3. The van der Waals surface area contributed by atoms with Gasteiger partial charge in [0, 0.05) is 32.2 Å². The van der Waals surface area contributed by atoms with E-state index in [1.54, 1.807) is 18.7 Å². The number of anilines is 2. The maximum atomic E-state index is 12.1. The average molecular weight is 494 g/mol. The minimum atomic E-state index is -3.43. The molecular formula is C22H31N5O6S. The highest BCUT2D eigenvalue weighted by Gasteiger charge is 2.27. The van der Waals surface area contributed by atoms with Gasteiger partial charge in [0.25, 0.3) is 5.88 Å². The van der Waals surface area contributed by atoms with Crippen molar-refractivity contribution >= 4 is 27.4 Å². The Bertz CT molecular complexity index is 1120. The SMILES string of the molecule is COc1c(Nc2c(C)cc(S(C)(=O)=O)nc2C)ncnc1OC1CCN(C(=O)OC(C)C)CC1. The van der Waals surface area contributed by atoms with Crippen LogP contribution in [-0.4, -0.2) is 73.0 Å². The van der Waals surface area contributed by atoms with Crippen molar-refractivity contribution < 1.29 is 27.4 Å². The monoisotopic (exact) mass is 493 g/mol. The van der Waals surface area contributed by atoms with Gasteiger partial charge in [-0.05, 0) is 39.3 Å². The summed E-state index contributed by atoms with van der Waals surface area (Å²) in [5.74, 6) is 0.958. The van der Waals surface area contributed by atoms with Crippen LogP contribution in [0.25, 0.3) is 0 Å². The van der Waals surface area contributed by atoms with Gasteiger partial charge in [0.1, 0.15) is 12.4 Å². The fourth-order valence-corrected chi connectivity index (χ4v) is 4.29. The minimum absolute atomic E-state index is 0.00958. The van der Waals surface area contributed by atoms with Crippen LogP contribution < -0.4 is 14.8 Å². The molecular weight excluding hydrogens is 462 g/mol. The predicted molar refractivity (Wildman–Crippen MR) is 126 cm³/mol. The highest BCUT2D eigenvalue weighted by Crippen LogP contribution is 2.36. The van der Waals surface area contributed by atoms with Crippen molar-refractivity contribution in [2.45, 2.75) is 57.8 Å². The smallest absolute Gasteiger partial charge is 0.410 e. The maximum Gasteiger partial charge on any atom is 0.410 e. The molecule has 34 heavy (non-hydrogen) atoms. The molecule has 2 aromatic rings. The molecule has 1 N–H and O–H groups in total. The fourth-order valence-electron chi connectivity index (χ4n) is 3.60. The molecule has 3 heterocycles. The number of rotatable bonds is 7. The minimum Gasteiger partial charge on any atom is -0.489 e. The normalized spacial score (nSPS) is 14.7. The van der Waals surface area contributed by atoms with E-state index in [0.29, 0.717) is 54.4 Å². The quantitative estimate of drug-likeness (QED) is 0.613. The van der Waals surface area contributed by atoms with Crippen LogP contribution in [0.15, 0.2) is 17.4 Å². The van der Waals surface area contributed by atoms with Gasteiger partial charge in [0.2, 0.25) is 5.75 Å². The molecule has 0 atom stereocenters. The molecule has 2 aromatic heterocycles. The number of carbonyl (C=O) groups is 1. The van der Waals surface area contributed by atoms with Crippen molar-refractivity contribution in [2.75, 3.05) is 31.8 Å². The Labute approximate surface area is 199 Å². The summed E-state index contributed by atoms with van der Waals surface area (Å²) < 4.78 is 40.6. The number of aryl methyl sites for hydroxylation is 2. The van der Waals surface area contributed by atoms with Crippen LogP contribution in [0.4, 0.5) is 16.3 Å². The van der Waals surface area contributed by atoms with Gasteiger partial charge in [0.05, 0.1) is 24.6 Å². The number of methoxy groups -OCH3 is 1. The molecule has 0 aromatic carbocycles. The zero-order valence-corrected chi connectivity index (χ0v) is 21.1. The molecule has 1 amide bonds. The second kappa shape index (κ2) is 10.4. The number of amides is 1. The number of piperidine rings is 1. The number of carbonyl (C=O) groups excluding carboxylic acids is 1. The average Bonchev–Trinajstić information content (AvgIpc) is 2.75. The van der Waals surface area contributed by atoms with E-state index in [1.165, 1.54) is 19.5 Å². The molecule has 11 nitrogen and oxygen atoms in total. The molecule has 1 aliphatic heterocycles. The number of likely N-dealkylation sites (tertiary alicyclic amines) is 1. The van der Waals surface area contributed by atoms with E-state index in [-0.39, 0.29) is 29.2 Å². The molecule has 0 spiro atoms. The van der Waals surface area contributed by atoms with Crippen LogP contribution in [0, 0.1) is 13.8 Å². The second-order valence-electron chi connectivity index (χ2n) is 8.43. The number of pyridine rings is 1. The molecule has 0 unspecified atom stereocenters. The summed E-state index contributed by atoms with van der Waals surface area (Å²) in [4.78, 5) is 26.5. The molecule has 12 heteroatoms. The lowest BCUT2D eigenvalue weighted by Gasteiger charge is -2.32. The first-order chi connectivity index (χ1) is 16.0. The first kappa shape index (κ1) is 25.5. The van der Waals surface area contributed by atoms with Gasteiger partial charge in [-0.1, -0.05) is 0 Å². The van der Waals surface area contributed by atoms with Crippen LogP contribution in [0.1, 0.15) is 37.9 Å². The highest BCUT2D eigenvalue weighted by atomic mass is 32.2. The summed E-state index contributed by atoms with van der Waals surface area (Å²) in [6.07, 6.45) is 3.09. The lowest BCUT2D eigenvalue weighted by Crippen LogP contribution is -2.42. The predicted octanol–water partition coefficient (Wildman–Crippen LogP) is 3.03. The first-order valence-corrected chi connectivity index (χ1v) is 12.8. The summed E-state index contributed by atoms with van der Waals surface area (Å²) in [6.45, 7) is 8.18. The molecule has 0 saturated carbocycles. The van der Waals surface area contributed by atoms with Crippen LogP contribution >= 0.6 is 0 Å². The van der Waals surface area contributed by atoms with E-state index >= 15 is 0 Å². The van der Waals surface area contributed by atoms with Crippen molar-refractivity contribution in [3.8, 4) is 11.6 Å². The van der Waals surface area contributed by atoms with Crippen LogP contribution in [0.3, 0.4) is 0 Å². The van der Waals surface area contributed by atoms with Crippen LogP contribution in [-0.2, 0) is 14.6 Å². The number of ether oxygens (including phenoxy) is 3. The number of nitrogens with zero attached hydrogens (tertiary/aromatic N) is 4. The third kappa shape index (κ3) is 6.04. The Balaban J connectivity index is 1.75. The third-order valence-electron chi connectivity index (χ3n) is 5.29. The summed E-state index contributed by atoms with van der Waals surface area (Å²) in [6, 6.07) is 1.51. The number of sulfone groups is 1. The van der Waals surface area contributed by atoms with Crippen molar-refractivity contribution in [3.05, 3.63) is 23.7 Å². The molecule has 0 aliphatic carbocycles. The Morgan fingerprint density at radius 1 is 1.21 bits per heavy atom. The largest absolute Gasteiger partial charge is 0.489 e. The number of hydrogen-bond donors (Lipinski definition) is 1. The molecule has 186 valence electrons. The maximum absolute atomic E-state index is 12.1. The summed E-state index contributed by atoms with van der Waals surface area (Å²) in [5.41, 5.74) is 1.81. The van der Waals surface area contributed by atoms with E-state index in [9.17, 15) is 13.2 Å². The molecule has 1 fully saturated rings. The number of nitrogens with one attached hydrogen (secondary N) is 1. The van der Waals surface area contributed by atoms with Crippen molar-refractivity contribution in [2.24, 2.45) is 0 Å². The van der Waals surface area contributed by atoms with E-state index in [2.05, 4.69) is 20.3 Å². The fraction of sp³-hybridized carbons (Fsp3) is 0.545. The van der Waals surface area contributed by atoms with Gasteiger partial charge < -0.3 is 24.4 Å². The topological polar surface area (TPSA) is 133 Å². The standard InChI is InChI=1S/C22H31N5O6S/c1-13(2)32-22(28)27-9-7-16(8-10-27)33-21-19(31-5)20(23-12-24-21)26-18-14(3)11-17(25-15(18)4)34(6,29)30/h11-13,16H,7-10H2,1-6H3,(H,23,24,26). The van der Waals surface area contributed by atoms with Gasteiger partial charge in [-0.2, -0.15) is 4.98 Å². The van der Waals surface area contributed by atoms with Crippen LogP contribution in [0.2, 0.25) is 0 Å². The second-order valence-corrected chi connectivity index (χ2v) is 10.4. The Hall–Kier alpha value is -3.15. The van der Waals surface area contributed by atoms with E-state index in [4.69, 9.17) is 14.2 Å². The molecule has 3 rings (SSSR count). The van der Waals surface area contributed by atoms with E-state index < -0.39 is 9.84 Å². The van der Waals surface area contributed by atoms with Gasteiger partial charge >= 0.3 is 6.09 Å². The molecule has 1 aliphatic rings. The zero-order valence-electron chi connectivity index (χ0n) is 20.3. The third-order valence-corrected chi connectivity index (χ3v) is 6.26. The molecule has 0 radical (unpaired) electrons. The molecule has 1 saturated heterocycles. The lowest BCUT2D eigenvalue weighted by molar-refractivity contribution is 0.0500. The van der Waals surface area contributed by atoms with Gasteiger partial charge in [0.15, 0.2) is 20.7 Å². The lowest BCUT2D eigenvalue weighted by atomic mass is 10.1. The number of hydrogen-bond acceptors (Lipinski definition) is 10. The van der Waals surface area contributed by atoms with E-state index in [0.717, 1.165) is 6.26 Å². The molecule has 0 bridgehead atoms. The van der Waals surface area contributed by atoms with Crippen molar-refractivity contribution in [1.82, 2.24) is 19.9 Å². The highest BCUT2D eigenvalue weighted by molar-refractivity contribution is 7.90. The van der Waals surface area contributed by atoms with Crippen molar-refractivity contribution in [3.63, 3.8) is 0 Å². The summed E-state index contributed by atoms with van der Waals surface area (Å²) in [7, 11) is -1.94. The summed E-state index contributed by atoms with van der Waals surface area (Å²) >= 11 is 0. The summed E-state index contributed by atoms with van der Waals surface area (Å²) in [5, 5.41) is 3.18. The van der Waals surface area contributed by atoms with Gasteiger partial charge in [-0.3, -0.25) is 0 Å². The van der Waals surface area contributed by atoms with Crippen LogP contribution in [0.5, 0.6) is 11.6 Å². The van der Waals surface area contributed by atoms with Crippen molar-refractivity contribution in [1.29, 1.82) is 0 Å². The van der Waals surface area contributed by atoms with Gasteiger partial charge in [-0.15, -0.1) is 0 Å². The Morgan fingerprint density at radius 2 is 1.88 bits per heavy atom. The van der Waals surface area contributed by atoms with E-state index in [1.807, 2.05) is 13.8 Å². The Morgan fingerprint density at radius 3 is 2.44 bits per heavy atom. The first-order valence-electron chi connectivity index (χ1n) is 11.0.